The molecular formula is C34H46O3. The lowest BCUT2D eigenvalue weighted by Crippen LogP contribution is -2.11. The van der Waals surface area contributed by atoms with Gasteiger partial charge in [0, 0.05) is 0 Å². The lowest BCUT2D eigenvalue weighted by molar-refractivity contribution is 0.0447. The Balaban J connectivity index is 1.41. The summed E-state index contributed by atoms with van der Waals surface area (Å²) in [5.74, 6) is 1.12. The van der Waals surface area contributed by atoms with Gasteiger partial charge in [-0.15, -0.1) is 0 Å². The maximum Gasteiger partial charge on any atom is 0.338 e. The standard InChI is InChI=1S/C34H46O3/c1-4-6-7-8-9-10-11-12-23-36-33-22-21-31-24-29(17-20-32(31)25-33)14-13-28-15-18-30(19-16-28)34(35)37-26-27(3)5-2/h15-22,24-25,27H,4-14,23,26H2,1-3H3/t27-/m1/s1. The van der Waals surface area contributed by atoms with Crippen molar-refractivity contribution in [1.82, 2.24) is 0 Å². The van der Waals surface area contributed by atoms with Gasteiger partial charge >= 0.3 is 5.97 Å². The summed E-state index contributed by atoms with van der Waals surface area (Å²) in [5.41, 5.74) is 3.17. The fraction of sp³-hybridized carbons (Fsp3) is 0.500. The van der Waals surface area contributed by atoms with Gasteiger partial charge in [-0.05, 0) is 71.3 Å². The van der Waals surface area contributed by atoms with Gasteiger partial charge in [-0.25, -0.2) is 4.79 Å². The minimum absolute atomic E-state index is 0.234. The second kappa shape index (κ2) is 16.1. The van der Waals surface area contributed by atoms with E-state index >= 15 is 0 Å². The molecule has 0 heterocycles. The summed E-state index contributed by atoms with van der Waals surface area (Å²) in [6.45, 7) is 7.74. The summed E-state index contributed by atoms with van der Waals surface area (Å²) in [5, 5.41) is 2.47. The van der Waals surface area contributed by atoms with Crippen LogP contribution in [0.2, 0.25) is 0 Å². The molecule has 0 radical (unpaired) electrons. The number of aryl methyl sites for hydroxylation is 2. The molecule has 0 saturated heterocycles. The van der Waals surface area contributed by atoms with Gasteiger partial charge < -0.3 is 9.47 Å². The van der Waals surface area contributed by atoms with Crippen LogP contribution in [-0.4, -0.2) is 19.2 Å². The number of rotatable bonds is 17. The molecular weight excluding hydrogens is 456 g/mol. The van der Waals surface area contributed by atoms with Crippen molar-refractivity contribution in [3.63, 3.8) is 0 Å². The Morgan fingerprint density at radius 3 is 2.08 bits per heavy atom. The summed E-state index contributed by atoms with van der Waals surface area (Å²) >= 11 is 0. The van der Waals surface area contributed by atoms with Crippen LogP contribution in [0.1, 0.15) is 100 Å². The molecule has 0 saturated carbocycles. The van der Waals surface area contributed by atoms with Crippen LogP contribution in [0.25, 0.3) is 10.8 Å². The number of ether oxygens (including phenoxy) is 2. The van der Waals surface area contributed by atoms with Crippen molar-refractivity contribution in [2.45, 2.75) is 91.4 Å². The van der Waals surface area contributed by atoms with Crippen molar-refractivity contribution >= 4 is 16.7 Å². The van der Waals surface area contributed by atoms with Gasteiger partial charge in [0.05, 0.1) is 18.8 Å². The molecule has 3 nitrogen and oxygen atoms in total. The van der Waals surface area contributed by atoms with Crippen molar-refractivity contribution in [3.8, 4) is 5.75 Å². The summed E-state index contributed by atoms with van der Waals surface area (Å²) in [7, 11) is 0. The predicted molar refractivity (Wildman–Crippen MR) is 156 cm³/mol. The molecule has 0 fully saturated rings. The third kappa shape index (κ3) is 10.2. The highest BCUT2D eigenvalue weighted by Crippen LogP contribution is 2.23. The van der Waals surface area contributed by atoms with E-state index < -0.39 is 0 Å². The first-order valence-corrected chi connectivity index (χ1v) is 14.5. The second-order valence-electron chi connectivity index (χ2n) is 10.5. The first kappa shape index (κ1) is 28.8. The molecule has 0 aromatic heterocycles. The fourth-order valence-corrected chi connectivity index (χ4v) is 4.46. The van der Waals surface area contributed by atoms with Gasteiger partial charge in [-0.1, -0.05) is 109 Å². The first-order chi connectivity index (χ1) is 18.1. The molecule has 37 heavy (non-hydrogen) atoms. The molecule has 0 bridgehead atoms. The molecule has 0 aliphatic rings. The van der Waals surface area contributed by atoms with E-state index in [-0.39, 0.29) is 5.97 Å². The number of esters is 1. The molecule has 0 amide bonds. The lowest BCUT2D eigenvalue weighted by atomic mass is 10.0. The zero-order valence-electron chi connectivity index (χ0n) is 23.3. The Labute approximate surface area is 224 Å². The molecule has 3 rings (SSSR count). The van der Waals surface area contributed by atoms with E-state index in [9.17, 15) is 4.79 Å². The molecule has 0 spiro atoms. The predicted octanol–water partition coefficient (Wildman–Crippen LogP) is 9.35. The quantitative estimate of drug-likeness (QED) is 0.136. The third-order valence-corrected chi connectivity index (χ3v) is 7.23. The topological polar surface area (TPSA) is 35.5 Å². The monoisotopic (exact) mass is 502 g/mol. The minimum atomic E-state index is -0.234. The van der Waals surface area contributed by atoms with E-state index in [0.29, 0.717) is 18.1 Å². The maximum absolute atomic E-state index is 12.2. The number of unbranched alkanes of at least 4 members (excludes halogenated alkanes) is 7. The van der Waals surface area contributed by atoms with Crippen molar-refractivity contribution in [2.24, 2.45) is 5.92 Å². The highest BCUT2D eigenvalue weighted by molar-refractivity contribution is 5.89. The molecule has 1 atom stereocenters. The highest BCUT2D eigenvalue weighted by Gasteiger charge is 2.09. The molecule has 3 aromatic rings. The van der Waals surface area contributed by atoms with Crippen LogP contribution in [-0.2, 0) is 17.6 Å². The molecule has 0 aliphatic heterocycles. The van der Waals surface area contributed by atoms with E-state index in [1.807, 2.05) is 24.3 Å². The van der Waals surface area contributed by atoms with Crippen LogP contribution < -0.4 is 4.74 Å². The van der Waals surface area contributed by atoms with Crippen LogP contribution in [0, 0.1) is 5.92 Å². The summed E-state index contributed by atoms with van der Waals surface area (Å²) in [4.78, 5) is 12.2. The average molecular weight is 503 g/mol. The molecule has 200 valence electrons. The van der Waals surface area contributed by atoms with E-state index in [0.717, 1.165) is 38.0 Å². The van der Waals surface area contributed by atoms with Gasteiger partial charge in [0.2, 0.25) is 0 Å². The zero-order valence-corrected chi connectivity index (χ0v) is 23.3. The van der Waals surface area contributed by atoms with Crippen LogP contribution >= 0.6 is 0 Å². The van der Waals surface area contributed by atoms with Gasteiger partial charge in [0.1, 0.15) is 5.75 Å². The first-order valence-electron chi connectivity index (χ1n) is 14.5. The van der Waals surface area contributed by atoms with Crippen LogP contribution in [0.15, 0.2) is 60.7 Å². The largest absolute Gasteiger partial charge is 0.494 e. The molecule has 0 unspecified atom stereocenters. The number of hydrogen-bond donors (Lipinski definition) is 0. The fourth-order valence-electron chi connectivity index (χ4n) is 4.46. The summed E-state index contributed by atoms with van der Waals surface area (Å²) in [6, 6.07) is 20.9. The highest BCUT2D eigenvalue weighted by atomic mass is 16.5. The van der Waals surface area contributed by atoms with Gasteiger partial charge in [0.15, 0.2) is 0 Å². The third-order valence-electron chi connectivity index (χ3n) is 7.23. The van der Waals surface area contributed by atoms with Crippen LogP contribution in [0.4, 0.5) is 0 Å². The van der Waals surface area contributed by atoms with E-state index in [1.165, 1.54) is 66.8 Å². The normalized spacial score (nSPS) is 12.0. The maximum atomic E-state index is 12.2. The van der Waals surface area contributed by atoms with Crippen LogP contribution in [0.5, 0.6) is 5.75 Å². The number of carbonyl (C=O) groups is 1. The summed E-state index contributed by atoms with van der Waals surface area (Å²) in [6.07, 6.45) is 13.4. The van der Waals surface area contributed by atoms with Crippen molar-refractivity contribution < 1.29 is 14.3 Å². The zero-order chi connectivity index (χ0) is 26.3. The van der Waals surface area contributed by atoms with Crippen molar-refractivity contribution in [3.05, 3.63) is 77.4 Å². The Morgan fingerprint density at radius 1 is 0.730 bits per heavy atom. The SMILES string of the molecule is CCCCCCCCCCOc1ccc2cc(CCc3ccc(C(=O)OC[C@H](C)CC)cc3)ccc2c1. The molecule has 3 aromatic carbocycles. The van der Waals surface area contributed by atoms with Gasteiger partial charge in [-0.3, -0.25) is 0 Å². The van der Waals surface area contributed by atoms with Gasteiger partial charge in [0.25, 0.3) is 0 Å². The summed E-state index contributed by atoms with van der Waals surface area (Å²) < 4.78 is 11.4. The van der Waals surface area contributed by atoms with E-state index in [1.54, 1.807) is 0 Å². The van der Waals surface area contributed by atoms with E-state index in [2.05, 4.69) is 57.2 Å². The Hall–Kier alpha value is -2.81. The number of benzene rings is 3. The number of hydrogen-bond acceptors (Lipinski definition) is 3. The Morgan fingerprint density at radius 2 is 1.35 bits per heavy atom. The Bertz CT molecular complexity index is 1070. The van der Waals surface area contributed by atoms with Gasteiger partial charge in [-0.2, -0.15) is 0 Å². The Kier molecular flexibility index (Phi) is 12.5. The molecule has 0 N–H and O–H groups in total. The second-order valence-corrected chi connectivity index (χ2v) is 10.5. The molecule has 0 aliphatic carbocycles. The average Bonchev–Trinajstić information content (AvgIpc) is 2.93. The van der Waals surface area contributed by atoms with Crippen molar-refractivity contribution in [1.29, 1.82) is 0 Å². The number of carbonyl (C=O) groups excluding carboxylic acids is 1. The minimum Gasteiger partial charge on any atom is -0.494 e. The van der Waals surface area contributed by atoms with E-state index in [4.69, 9.17) is 9.47 Å². The smallest absolute Gasteiger partial charge is 0.338 e. The number of fused-ring (bicyclic) bond motifs is 1. The lowest BCUT2D eigenvalue weighted by Gasteiger charge is -2.10. The van der Waals surface area contributed by atoms with Crippen LogP contribution in [0.3, 0.4) is 0 Å². The van der Waals surface area contributed by atoms with Crippen molar-refractivity contribution in [2.75, 3.05) is 13.2 Å². The molecule has 3 heteroatoms.